The van der Waals surface area contributed by atoms with Crippen LogP contribution in [0.2, 0.25) is 0 Å². The summed E-state index contributed by atoms with van der Waals surface area (Å²) in [7, 11) is 0. The Bertz CT molecular complexity index is 249. The lowest BCUT2D eigenvalue weighted by atomic mass is 10.0. The monoisotopic (exact) mass is 284 g/mol. The second kappa shape index (κ2) is 18.1. The van der Waals surface area contributed by atoms with Gasteiger partial charge in [-0.15, -0.1) is 0 Å². The summed E-state index contributed by atoms with van der Waals surface area (Å²) in [4.78, 5) is 0. The fourth-order valence-corrected chi connectivity index (χ4v) is 1.58. The van der Waals surface area contributed by atoms with E-state index in [9.17, 15) is 0 Å². The number of ether oxygens (including phenoxy) is 1. The quantitative estimate of drug-likeness (QED) is 0.570. The van der Waals surface area contributed by atoms with E-state index in [1.165, 1.54) is 0 Å². The summed E-state index contributed by atoms with van der Waals surface area (Å²) in [6.45, 7) is 10.5. The Morgan fingerprint density at radius 3 is 2.40 bits per heavy atom. The summed E-state index contributed by atoms with van der Waals surface area (Å²) in [5.74, 6) is 0. The minimum absolute atomic E-state index is 0.0395. The molecule has 3 nitrogen and oxygen atoms in total. The largest absolute Gasteiger partial charge is 0.396 e. The Kier molecular flexibility index (Phi) is 19.4. The molecule has 0 aromatic heterocycles. The molecule has 0 fully saturated rings. The molecular formula is C17H32O3. The van der Waals surface area contributed by atoms with Crippen LogP contribution in [0, 0.1) is 0 Å². The zero-order valence-electron chi connectivity index (χ0n) is 13.3. The summed E-state index contributed by atoms with van der Waals surface area (Å²) in [5, 5.41) is 17.6. The third kappa shape index (κ3) is 15.2. The first-order chi connectivity index (χ1) is 9.74. The van der Waals surface area contributed by atoms with Gasteiger partial charge in [0.25, 0.3) is 0 Å². The molecule has 0 saturated heterocycles. The van der Waals surface area contributed by atoms with E-state index in [2.05, 4.69) is 6.58 Å². The second-order valence-electron chi connectivity index (χ2n) is 4.16. The molecule has 2 N–H and O–H groups in total. The lowest BCUT2D eigenvalue weighted by Gasteiger charge is -2.17. The van der Waals surface area contributed by atoms with E-state index in [0.29, 0.717) is 6.61 Å². The molecule has 3 heteroatoms. The first-order valence-corrected chi connectivity index (χ1v) is 7.55. The lowest BCUT2D eigenvalue weighted by Crippen LogP contribution is -2.16. The SMILES string of the molecule is C=C(/C=C\C=C/C)CCC(CCCO)OCCO.CC. The van der Waals surface area contributed by atoms with Crippen LogP contribution in [0.25, 0.3) is 0 Å². The molecule has 0 aromatic rings. The van der Waals surface area contributed by atoms with Crippen LogP contribution in [0.15, 0.2) is 36.5 Å². The molecule has 118 valence electrons. The molecule has 0 aliphatic rings. The van der Waals surface area contributed by atoms with Crippen molar-refractivity contribution in [1.29, 1.82) is 0 Å². The molecule has 0 aliphatic carbocycles. The van der Waals surface area contributed by atoms with Gasteiger partial charge in [-0.25, -0.2) is 0 Å². The number of allylic oxidation sites excluding steroid dienone is 5. The first-order valence-electron chi connectivity index (χ1n) is 7.55. The van der Waals surface area contributed by atoms with Gasteiger partial charge < -0.3 is 14.9 Å². The van der Waals surface area contributed by atoms with Crippen molar-refractivity contribution >= 4 is 0 Å². The van der Waals surface area contributed by atoms with E-state index in [0.717, 1.165) is 31.3 Å². The predicted molar refractivity (Wildman–Crippen MR) is 86.8 cm³/mol. The Morgan fingerprint density at radius 2 is 1.85 bits per heavy atom. The van der Waals surface area contributed by atoms with Crippen LogP contribution in [0.5, 0.6) is 0 Å². The van der Waals surface area contributed by atoms with Crippen LogP contribution in [-0.2, 0) is 4.74 Å². The maximum absolute atomic E-state index is 8.82. The van der Waals surface area contributed by atoms with Crippen LogP contribution in [-0.4, -0.2) is 36.1 Å². The smallest absolute Gasteiger partial charge is 0.0701 e. The molecule has 1 atom stereocenters. The Balaban J connectivity index is 0. The zero-order chi connectivity index (χ0) is 15.6. The number of aliphatic hydroxyl groups excluding tert-OH is 2. The summed E-state index contributed by atoms with van der Waals surface area (Å²) >= 11 is 0. The predicted octanol–water partition coefficient (Wildman–Crippen LogP) is 3.63. The van der Waals surface area contributed by atoms with Crippen molar-refractivity contribution in [2.75, 3.05) is 19.8 Å². The van der Waals surface area contributed by atoms with E-state index in [1.807, 2.05) is 45.1 Å². The standard InChI is InChI=1S/C15H26O3.C2H6/c1-3-4-5-7-14(2)9-10-15(8-6-11-16)18-13-12-17;1-2/h3-5,7,15-17H,2,6,8-13H2,1H3;1-2H3/b4-3-,7-5-;. The van der Waals surface area contributed by atoms with Gasteiger partial charge in [0.1, 0.15) is 0 Å². The molecule has 0 heterocycles. The molecule has 0 rings (SSSR count). The fourth-order valence-electron chi connectivity index (χ4n) is 1.58. The molecule has 20 heavy (non-hydrogen) atoms. The van der Waals surface area contributed by atoms with E-state index in [1.54, 1.807) is 0 Å². The molecule has 0 aliphatic heterocycles. The summed E-state index contributed by atoms with van der Waals surface area (Å²) in [6, 6.07) is 0. The molecule has 0 spiro atoms. The normalized spacial score (nSPS) is 12.4. The molecule has 0 amide bonds. The van der Waals surface area contributed by atoms with Gasteiger partial charge in [0.15, 0.2) is 0 Å². The molecular weight excluding hydrogens is 252 g/mol. The van der Waals surface area contributed by atoms with Crippen LogP contribution in [0.4, 0.5) is 0 Å². The Morgan fingerprint density at radius 1 is 1.15 bits per heavy atom. The van der Waals surface area contributed by atoms with Crippen LogP contribution in [0.3, 0.4) is 0 Å². The Labute approximate surface area is 124 Å². The Hall–Kier alpha value is -0.900. The van der Waals surface area contributed by atoms with Gasteiger partial charge in [-0.2, -0.15) is 0 Å². The molecule has 0 bridgehead atoms. The van der Waals surface area contributed by atoms with Gasteiger partial charge in [0, 0.05) is 6.61 Å². The van der Waals surface area contributed by atoms with Gasteiger partial charge in [-0.1, -0.05) is 50.3 Å². The first kappa shape index (κ1) is 21.4. The molecule has 0 radical (unpaired) electrons. The van der Waals surface area contributed by atoms with Crippen molar-refractivity contribution in [3.05, 3.63) is 36.5 Å². The van der Waals surface area contributed by atoms with Gasteiger partial charge in [-0.3, -0.25) is 0 Å². The third-order valence-electron chi connectivity index (χ3n) is 2.55. The van der Waals surface area contributed by atoms with Crippen LogP contribution >= 0.6 is 0 Å². The highest BCUT2D eigenvalue weighted by Crippen LogP contribution is 2.14. The van der Waals surface area contributed by atoms with Crippen molar-refractivity contribution in [2.45, 2.75) is 52.6 Å². The average Bonchev–Trinajstić information content (AvgIpc) is 2.49. The van der Waals surface area contributed by atoms with Crippen molar-refractivity contribution in [3.63, 3.8) is 0 Å². The van der Waals surface area contributed by atoms with Crippen molar-refractivity contribution < 1.29 is 14.9 Å². The average molecular weight is 284 g/mol. The summed E-state index contributed by atoms with van der Waals surface area (Å²) in [6.07, 6.45) is 11.3. The summed E-state index contributed by atoms with van der Waals surface area (Å²) < 4.78 is 5.53. The van der Waals surface area contributed by atoms with Crippen molar-refractivity contribution in [3.8, 4) is 0 Å². The van der Waals surface area contributed by atoms with Crippen LogP contribution < -0.4 is 0 Å². The minimum atomic E-state index is 0.0395. The second-order valence-corrected chi connectivity index (χ2v) is 4.16. The van der Waals surface area contributed by atoms with Crippen molar-refractivity contribution in [1.82, 2.24) is 0 Å². The van der Waals surface area contributed by atoms with E-state index >= 15 is 0 Å². The number of rotatable bonds is 11. The third-order valence-corrected chi connectivity index (χ3v) is 2.55. The lowest BCUT2D eigenvalue weighted by molar-refractivity contribution is 0.0164. The topological polar surface area (TPSA) is 49.7 Å². The molecule has 0 saturated carbocycles. The maximum atomic E-state index is 8.82. The fraction of sp³-hybridized carbons (Fsp3) is 0.647. The van der Waals surface area contributed by atoms with Crippen molar-refractivity contribution in [2.24, 2.45) is 0 Å². The van der Waals surface area contributed by atoms with Gasteiger partial charge in [-0.05, 0) is 32.6 Å². The zero-order valence-corrected chi connectivity index (χ0v) is 13.3. The molecule has 0 aromatic carbocycles. The number of hydrogen-bond acceptors (Lipinski definition) is 3. The van der Waals surface area contributed by atoms with Gasteiger partial charge in [0.2, 0.25) is 0 Å². The summed E-state index contributed by atoms with van der Waals surface area (Å²) in [5.41, 5.74) is 1.06. The van der Waals surface area contributed by atoms with Gasteiger partial charge >= 0.3 is 0 Å². The molecule has 1 unspecified atom stereocenters. The highest BCUT2D eigenvalue weighted by atomic mass is 16.5. The van der Waals surface area contributed by atoms with E-state index in [-0.39, 0.29) is 19.3 Å². The van der Waals surface area contributed by atoms with Crippen LogP contribution in [0.1, 0.15) is 46.5 Å². The van der Waals surface area contributed by atoms with Gasteiger partial charge in [0.05, 0.1) is 19.3 Å². The minimum Gasteiger partial charge on any atom is -0.396 e. The van der Waals surface area contributed by atoms with E-state index < -0.39 is 0 Å². The maximum Gasteiger partial charge on any atom is 0.0701 e. The number of hydrogen-bond donors (Lipinski definition) is 2. The number of aliphatic hydroxyl groups is 2. The highest BCUT2D eigenvalue weighted by Gasteiger charge is 2.08. The highest BCUT2D eigenvalue weighted by molar-refractivity contribution is 5.18. The van der Waals surface area contributed by atoms with E-state index in [4.69, 9.17) is 14.9 Å².